The van der Waals surface area contributed by atoms with Crippen LogP contribution in [0.2, 0.25) is 0 Å². The summed E-state index contributed by atoms with van der Waals surface area (Å²) in [4.78, 5) is 0. The number of ether oxygens (including phenoxy) is 1. The summed E-state index contributed by atoms with van der Waals surface area (Å²) in [6.45, 7) is 4.90. The van der Waals surface area contributed by atoms with Crippen LogP contribution in [-0.4, -0.2) is 31.5 Å². The maximum absolute atomic E-state index is 9.64. The Morgan fingerprint density at radius 3 is 2.79 bits per heavy atom. The lowest BCUT2D eigenvalue weighted by molar-refractivity contribution is 0.0626. The van der Waals surface area contributed by atoms with Crippen LogP contribution in [0.25, 0.3) is 11.0 Å². The van der Waals surface area contributed by atoms with Gasteiger partial charge < -0.3 is 19.6 Å². The van der Waals surface area contributed by atoms with Crippen LogP contribution in [0, 0.1) is 6.92 Å². The molecule has 4 heteroatoms. The van der Waals surface area contributed by atoms with Gasteiger partial charge in [-0.1, -0.05) is 18.2 Å². The van der Waals surface area contributed by atoms with Crippen molar-refractivity contribution in [1.82, 2.24) is 5.32 Å². The quantitative estimate of drug-likeness (QED) is 0.840. The van der Waals surface area contributed by atoms with Gasteiger partial charge in [0.1, 0.15) is 11.3 Å². The number of furan rings is 1. The zero-order valence-electron chi connectivity index (χ0n) is 11.6. The fourth-order valence-electron chi connectivity index (χ4n) is 2.26. The standard InChI is InChI=1S/C15H21NO3/c1-10-13-6-4-5-7-14(13)19-15(10)11(2)16-8-12(17)9-18-3/h4-7,11-12,16-17H,8-9H2,1-3H3/t11-,12-/m0/s1. The number of nitrogens with one attached hydrogen (secondary N) is 1. The normalized spacial score (nSPS) is 14.7. The Labute approximate surface area is 113 Å². The number of aliphatic hydroxyl groups is 1. The van der Waals surface area contributed by atoms with Gasteiger partial charge in [-0.2, -0.15) is 0 Å². The zero-order valence-corrected chi connectivity index (χ0v) is 11.6. The van der Waals surface area contributed by atoms with Crippen molar-refractivity contribution in [3.8, 4) is 0 Å². The molecule has 0 aliphatic carbocycles. The fourth-order valence-corrected chi connectivity index (χ4v) is 2.26. The van der Waals surface area contributed by atoms with E-state index < -0.39 is 6.10 Å². The van der Waals surface area contributed by atoms with Crippen LogP contribution in [0.4, 0.5) is 0 Å². The number of para-hydroxylation sites is 1. The van der Waals surface area contributed by atoms with E-state index in [-0.39, 0.29) is 6.04 Å². The van der Waals surface area contributed by atoms with E-state index in [1.54, 1.807) is 7.11 Å². The maximum atomic E-state index is 9.64. The van der Waals surface area contributed by atoms with Crippen LogP contribution in [0.15, 0.2) is 28.7 Å². The van der Waals surface area contributed by atoms with E-state index in [4.69, 9.17) is 9.15 Å². The second-order valence-corrected chi connectivity index (χ2v) is 4.83. The molecule has 2 atom stereocenters. The Morgan fingerprint density at radius 1 is 1.37 bits per heavy atom. The van der Waals surface area contributed by atoms with Crippen molar-refractivity contribution in [3.63, 3.8) is 0 Å². The van der Waals surface area contributed by atoms with Crippen LogP contribution in [0.1, 0.15) is 24.3 Å². The van der Waals surface area contributed by atoms with Gasteiger partial charge in [0.15, 0.2) is 0 Å². The Kier molecular flexibility index (Phi) is 4.58. The van der Waals surface area contributed by atoms with Gasteiger partial charge in [-0.05, 0) is 25.5 Å². The van der Waals surface area contributed by atoms with E-state index in [9.17, 15) is 5.11 Å². The molecule has 0 saturated heterocycles. The van der Waals surface area contributed by atoms with E-state index >= 15 is 0 Å². The van der Waals surface area contributed by atoms with Crippen LogP contribution in [0.3, 0.4) is 0 Å². The summed E-state index contributed by atoms with van der Waals surface area (Å²) in [6, 6.07) is 8.06. The molecule has 2 N–H and O–H groups in total. The molecular weight excluding hydrogens is 242 g/mol. The largest absolute Gasteiger partial charge is 0.459 e. The minimum Gasteiger partial charge on any atom is -0.459 e. The summed E-state index contributed by atoms with van der Waals surface area (Å²) in [7, 11) is 1.58. The molecular formula is C15H21NO3. The van der Waals surface area contributed by atoms with Gasteiger partial charge >= 0.3 is 0 Å². The molecule has 0 amide bonds. The molecule has 0 unspecified atom stereocenters. The number of hydrogen-bond acceptors (Lipinski definition) is 4. The first-order chi connectivity index (χ1) is 9.13. The van der Waals surface area contributed by atoms with Gasteiger partial charge in [-0.3, -0.25) is 0 Å². The van der Waals surface area contributed by atoms with Gasteiger partial charge in [0.25, 0.3) is 0 Å². The second kappa shape index (κ2) is 6.19. The minimum atomic E-state index is -0.503. The Morgan fingerprint density at radius 2 is 2.11 bits per heavy atom. The number of fused-ring (bicyclic) bond motifs is 1. The molecule has 0 bridgehead atoms. The molecule has 0 aliphatic rings. The molecule has 0 aliphatic heterocycles. The number of hydrogen-bond donors (Lipinski definition) is 2. The van der Waals surface area contributed by atoms with Crippen LogP contribution >= 0.6 is 0 Å². The maximum Gasteiger partial charge on any atom is 0.134 e. The van der Waals surface area contributed by atoms with Crippen LogP contribution in [0.5, 0.6) is 0 Å². The van der Waals surface area contributed by atoms with Gasteiger partial charge in [0.2, 0.25) is 0 Å². The van der Waals surface area contributed by atoms with Crippen molar-refractivity contribution >= 4 is 11.0 Å². The van der Waals surface area contributed by atoms with Crippen LogP contribution < -0.4 is 5.32 Å². The predicted molar refractivity (Wildman–Crippen MR) is 75.3 cm³/mol. The monoisotopic (exact) mass is 263 g/mol. The number of rotatable bonds is 6. The predicted octanol–water partition coefficient (Wildman–Crippen LogP) is 2.40. The van der Waals surface area contributed by atoms with E-state index in [2.05, 4.69) is 18.3 Å². The first kappa shape index (κ1) is 14.1. The first-order valence-corrected chi connectivity index (χ1v) is 6.52. The highest BCUT2D eigenvalue weighted by atomic mass is 16.5. The summed E-state index contributed by atoms with van der Waals surface area (Å²) in [5.74, 6) is 0.922. The Bertz CT molecular complexity index is 535. The number of benzene rings is 1. The smallest absolute Gasteiger partial charge is 0.134 e. The fraction of sp³-hybridized carbons (Fsp3) is 0.467. The van der Waals surface area contributed by atoms with E-state index in [1.807, 2.05) is 25.1 Å². The third-order valence-corrected chi connectivity index (χ3v) is 3.29. The molecule has 0 radical (unpaired) electrons. The van der Waals surface area contributed by atoms with Crippen LogP contribution in [-0.2, 0) is 4.74 Å². The average Bonchev–Trinajstić information content (AvgIpc) is 2.74. The molecule has 0 fully saturated rings. The van der Waals surface area contributed by atoms with Crippen molar-refractivity contribution in [1.29, 1.82) is 0 Å². The third kappa shape index (κ3) is 3.15. The first-order valence-electron chi connectivity index (χ1n) is 6.52. The molecule has 0 saturated carbocycles. The second-order valence-electron chi connectivity index (χ2n) is 4.83. The summed E-state index contributed by atoms with van der Waals surface area (Å²) >= 11 is 0. The summed E-state index contributed by atoms with van der Waals surface area (Å²) in [6.07, 6.45) is -0.503. The molecule has 1 aromatic carbocycles. The average molecular weight is 263 g/mol. The van der Waals surface area contributed by atoms with E-state index in [1.165, 1.54) is 0 Å². The highest BCUT2D eigenvalue weighted by Gasteiger charge is 2.16. The molecule has 4 nitrogen and oxygen atoms in total. The van der Waals surface area contributed by atoms with E-state index in [0.29, 0.717) is 13.2 Å². The molecule has 104 valence electrons. The molecule has 19 heavy (non-hydrogen) atoms. The lowest BCUT2D eigenvalue weighted by Crippen LogP contribution is -2.31. The van der Waals surface area contributed by atoms with Crippen molar-refractivity contribution in [2.75, 3.05) is 20.3 Å². The highest BCUT2D eigenvalue weighted by Crippen LogP contribution is 2.28. The minimum absolute atomic E-state index is 0.0545. The molecule has 1 heterocycles. The highest BCUT2D eigenvalue weighted by molar-refractivity contribution is 5.82. The molecule has 0 spiro atoms. The Hall–Kier alpha value is -1.36. The molecule has 2 rings (SSSR count). The topological polar surface area (TPSA) is 54.6 Å². The summed E-state index contributed by atoms with van der Waals surface area (Å²) < 4.78 is 10.8. The molecule has 1 aromatic heterocycles. The summed E-state index contributed by atoms with van der Waals surface area (Å²) in [5, 5.41) is 14.0. The van der Waals surface area contributed by atoms with Crippen molar-refractivity contribution in [2.45, 2.75) is 26.0 Å². The van der Waals surface area contributed by atoms with Gasteiger partial charge in [-0.15, -0.1) is 0 Å². The number of aliphatic hydroxyl groups excluding tert-OH is 1. The van der Waals surface area contributed by atoms with Crippen molar-refractivity contribution < 1.29 is 14.3 Å². The number of aryl methyl sites for hydroxylation is 1. The van der Waals surface area contributed by atoms with Gasteiger partial charge in [-0.25, -0.2) is 0 Å². The zero-order chi connectivity index (χ0) is 13.8. The SMILES string of the molecule is COC[C@@H](O)CN[C@@H](C)c1oc2ccccc2c1C. The van der Waals surface area contributed by atoms with Crippen molar-refractivity contribution in [2.24, 2.45) is 0 Å². The number of methoxy groups -OCH3 is 1. The lowest BCUT2D eigenvalue weighted by atomic mass is 10.1. The summed E-state index contributed by atoms with van der Waals surface area (Å²) in [5.41, 5.74) is 2.05. The van der Waals surface area contributed by atoms with E-state index in [0.717, 1.165) is 22.3 Å². The third-order valence-electron chi connectivity index (χ3n) is 3.29. The van der Waals surface area contributed by atoms with Crippen molar-refractivity contribution in [3.05, 3.63) is 35.6 Å². The van der Waals surface area contributed by atoms with Gasteiger partial charge in [0.05, 0.1) is 18.8 Å². The molecule has 2 aromatic rings. The van der Waals surface area contributed by atoms with Gasteiger partial charge in [0, 0.05) is 19.0 Å². The Balaban J connectivity index is 2.09. The lowest BCUT2D eigenvalue weighted by Gasteiger charge is -2.15.